The number of likely N-dealkylation sites (N-methyl/N-ethyl adjacent to an activating group) is 1. The largest absolute Gasteiger partial charge is 0.494 e. The molecule has 4 N–H and O–H groups in total. The standard InChI is InChI=1S/C15H22Cl3N3O2/c1-4-23-12-7-5-11(6-8-12)13(22)20-14(15(16,17)18)19-9-10-21(2)3/h5-8,14,19H,4,9-10H2,1-3H3,(H,20,22)/p+2/t14-/m0/s1. The number of hydrogen-bond donors (Lipinski definition) is 3. The highest BCUT2D eigenvalue weighted by atomic mass is 35.6. The molecule has 0 saturated heterocycles. The maximum absolute atomic E-state index is 12.3. The van der Waals surface area contributed by atoms with Crippen molar-refractivity contribution in [2.45, 2.75) is 16.9 Å². The fraction of sp³-hybridized carbons (Fsp3) is 0.533. The SMILES string of the molecule is CCOc1ccc(C(=O)N[C@H]([NH2+]CC[NH+](C)C)C(Cl)(Cl)Cl)cc1. The van der Waals surface area contributed by atoms with Crippen LogP contribution in [0, 0.1) is 0 Å². The van der Waals surface area contributed by atoms with Crippen molar-refractivity contribution in [3.63, 3.8) is 0 Å². The van der Waals surface area contributed by atoms with Gasteiger partial charge in [0.2, 0.25) is 6.17 Å². The van der Waals surface area contributed by atoms with Crippen molar-refractivity contribution in [2.24, 2.45) is 0 Å². The van der Waals surface area contributed by atoms with Gasteiger partial charge in [-0.2, -0.15) is 0 Å². The third kappa shape index (κ3) is 7.59. The number of alkyl halides is 3. The van der Waals surface area contributed by atoms with E-state index in [1.807, 2.05) is 26.3 Å². The summed E-state index contributed by atoms with van der Waals surface area (Å²) in [7, 11) is 4.08. The van der Waals surface area contributed by atoms with Crippen LogP contribution in [0.25, 0.3) is 0 Å². The molecule has 0 saturated carbocycles. The van der Waals surface area contributed by atoms with Crippen LogP contribution in [0.2, 0.25) is 0 Å². The zero-order valence-corrected chi connectivity index (χ0v) is 15.8. The molecule has 1 rings (SSSR count). The number of hydrogen-bond acceptors (Lipinski definition) is 2. The topological polar surface area (TPSA) is 59.4 Å². The van der Waals surface area contributed by atoms with Gasteiger partial charge in [-0.15, -0.1) is 0 Å². The van der Waals surface area contributed by atoms with Crippen LogP contribution < -0.4 is 20.3 Å². The van der Waals surface area contributed by atoms with Crippen LogP contribution in [0.4, 0.5) is 0 Å². The number of halogens is 3. The van der Waals surface area contributed by atoms with E-state index in [1.54, 1.807) is 24.3 Å². The van der Waals surface area contributed by atoms with Crippen LogP contribution in [0.3, 0.4) is 0 Å². The molecule has 0 bridgehead atoms. The lowest BCUT2D eigenvalue weighted by atomic mass is 10.2. The molecule has 0 aromatic heterocycles. The number of nitrogens with one attached hydrogen (secondary N) is 2. The maximum Gasteiger partial charge on any atom is 0.262 e. The molecule has 0 aliphatic rings. The first-order chi connectivity index (χ1) is 10.7. The van der Waals surface area contributed by atoms with Gasteiger partial charge in [0, 0.05) is 5.56 Å². The molecular weight excluding hydrogens is 361 g/mol. The lowest BCUT2D eigenvalue weighted by molar-refractivity contribution is -0.877. The first-order valence-electron chi connectivity index (χ1n) is 7.46. The van der Waals surface area contributed by atoms with E-state index in [0.717, 1.165) is 13.1 Å². The number of quaternary nitrogens is 2. The highest BCUT2D eigenvalue weighted by Gasteiger charge is 2.37. The Bertz CT molecular complexity index is 490. The zero-order chi connectivity index (χ0) is 17.5. The first-order valence-corrected chi connectivity index (χ1v) is 8.60. The van der Waals surface area contributed by atoms with Gasteiger partial charge in [-0.3, -0.25) is 10.1 Å². The number of nitrogens with two attached hydrogens (primary N) is 1. The maximum atomic E-state index is 12.3. The van der Waals surface area contributed by atoms with Gasteiger partial charge >= 0.3 is 0 Å². The summed E-state index contributed by atoms with van der Waals surface area (Å²) in [5.74, 6) is 0.417. The Balaban J connectivity index is 2.68. The highest BCUT2D eigenvalue weighted by Crippen LogP contribution is 2.27. The van der Waals surface area contributed by atoms with E-state index in [2.05, 4.69) is 5.32 Å². The summed E-state index contributed by atoms with van der Waals surface area (Å²) in [5, 5.41) is 4.58. The molecule has 0 spiro atoms. The van der Waals surface area contributed by atoms with E-state index in [9.17, 15) is 4.79 Å². The molecule has 0 fully saturated rings. The van der Waals surface area contributed by atoms with E-state index in [4.69, 9.17) is 39.5 Å². The third-order valence-electron chi connectivity index (χ3n) is 3.11. The van der Waals surface area contributed by atoms with Crippen molar-refractivity contribution in [1.29, 1.82) is 0 Å². The predicted molar refractivity (Wildman–Crippen MR) is 93.6 cm³/mol. The predicted octanol–water partition coefficient (Wildman–Crippen LogP) is 0.219. The first kappa shape index (κ1) is 20.3. The number of carbonyl (C=O) groups excluding carboxylic acids is 1. The van der Waals surface area contributed by atoms with Crippen molar-refractivity contribution in [3.8, 4) is 5.75 Å². The lowest BCUT2D eigenvalue weighted by Gasteiger charge is -2.23. The minimum absolute atomic E-state index is 0.294. The Morgan fingerprint density at radius 2 is 1.91 bits per heavy atom. The molecule has 0 aliphatic heterocycles. The van der Waals surface area contributed by atoms with E-state index in [0.29, 0.717) is 17.9 Å². The summed E-state index contributed by atoms with van der Waals surface area (Å²) in [6.07, 6.45) is -0.661. The van der Waals surface area contributed by atoms with Crippen LogP contribution in [-0.2, 0) is 0 Å². The molecule has 8 heteroatoms. The Hall–Kier alpha value is -0.720. The fourth-order valence-corrected chi connectivity index (χ4v) is 2.34. The summed E-state index contributed by atoms with van der Waals surface area (Å²) in [6, 6.07) is 6.84. The molecule has 130 valence electrons. The van der Waals surface area contributed by atoms with Crippen molar-refractivity contribution in [2.75, 3.05) is 33.8 Å². The van der Waals surface area contributed by atoms with Crippen molar-refractivity contribution in [1.82, 2.24) is 5.32 Å². The van der Waals surface area contributed by atoms with Gasteiger partial charge in [0.1, 0.15) is 18.8 Å². The Kier molecular flexibility index (Phi) is 8.44. The van der Waals surface area contributed by atoms with Gasteiger partial charge in [0.15, 0.2) is 0 Å². The third-order valence-corrected chi connectivity index (χ3v) is 3.82. The second-order valence-electron chi connectivity index (χ2n) is 5.43. The molecule has 5 nitrogen and oxygen atoms in total. The van der Waals surface area contributed by atoms with E-state index < -0.39 is 9.96 Å². The van der Waals surface area contributed by atoms with Gasteiger partial charge < -0.3 is 15.0 Å². The second kappa shape index (κ2) is 9.55. The van der Waals surface area contributed by atoms with Crippen LogP contribution in [-0.4, -0.2) is 49.7 Å². The molecule has 23 heavy (non-hydrogen) atoms. The highest BCUT2D eigenvalue weighted by molar-refractivity contribution is 6.68. The van der Waals surface area contributed by atoms with Crippen molar-refractivity contribution >= 4 is 40.7 Å². The summed E-state index contributed by atoms with van der Waals surface area (Å²) >= 11 is 17.9. The van der Waals surface area contributed by atoms with Crippen LogP contribution >= 0.6 is 34.8 Å². The Morgan fingerprint density at radius 1 is 1.30 bits per heavy atom. The van der Waals surface area contributed by atoms with Gasteiger partial charge in [-0.25, -0.2) is 0 Å². The van der Waals surface area contributed by atoms with Gasteiger partial charge in [0.25, 0.3) is 9.70 Å². The molecule has 1 aromatic carbocycles. The molecule has 0 aliphatic carbocycles. The number of benzene rings is 1. The van der Waals surface area contributed by atoms with E-state index in [1.165, 1.54) is 4.90 Å². The summed E-state index contributed by atoms with van der Waals surface area (Å²) < 4.78 is 3.75. The molecular formula is C15H24Cl3N3O2+2. The zero-order valence-electron chi connectivity index (χ0n) is 13.5. The van der Waals surface area contributed by atoms with Crippen LogP contribution in [0.5, 0.6) is 5.75 Å². The average Bonchev–Trinajstić information content (AvgIpc) is 2.45. The fourth-order valence-electron chi connectivity index (χ4n) is 1.91. The smallest absolute Gasteiger partial charge is 0.262 e. The molecule has 1 atom stereocenters. The molecule has 1 aromatic rings. The minimum atomic E-state index is -1.59. The van der Waals surface area contributed by atoms with E-state index in [-0.39, 0.29) is 5.91 Å². The van der Waals surface area contributed by atoms with Crippen LogP contribution in [0.1, 0.15) is 17.3 Å². The number of rotatable bonds is 8. The molecule has 1 amide bonds. The van der Waals surface area contributed by atoms with Gasteiger partial charge in [0.05, 0.1) is 20.7 Å². The van der Waals surface area contributed by atoms with Crippen molar-refractivity contribution < 1.29 is 19.7 Å². The summed E-state index contributed by atoms with van der Waals surface area (Å²) in [6.45, 7) is 4.09. The molecule has 0 heterocycles. The summed E-state index contributed by atoms with van der Waals surface area (Å²) in [4.78, 5) is 13.6. The summed E-state index contributed by atoms with van der Waals surface area (Å²) in [5.41, 5.74) is 0.485. The monoisotopic (exact) mass is 383 g/mol. The number of amides is 1. The Labute approximate surface area is 152 Å². The van der Waals surface area contributed by atoms with Gasteiger partial charge in [-0.1, -0.05) is 34.8 Å². The molecule has 0 radical (unpaired) electrons. The normalized spacial score (nSPS) is 13.0. The van der Waals surface area contributed by atoms with Crippen LogP contribution in [0.15, 0.2) is 24.3 Å². The second-order valence-corrected chi connectivity index (χ2v) is 7.80. The van der Waals surface area contributed by atoms with E-state index >= 15 is 0 Å². The Morgan fingerprint density at radius 3 is 2.39 bits per heavy atom. The number of ether oxygens (including phenoxy) is 1. The van der Waals surface area contributed by atoms with Gasteiger partial charge in [-0.05, 0) is 31.2 Å². The lowest BCUT2D eigenvalue weighted by Crippen LogP contribution is -3.10. The molecule has 0 unspecified atom stereocenters. The number of carbonyl (C=O) groups is 1. The average molecular weight is 385 g/mol. The minimum Gasteiger partial charge on any atom is -0.494 e. The van der Waals surface area contributed by atoms with Crippen molar-refractivity contribution in [3.05, 3.63) is 29.8 Å². The quantitative estimate of drug-likeness (QED) is 0.443.